The molecule has 4 rings (SSSR count). The molecule has 0 fully saturated rings. The fourth-order valence-corrected chi connectivity index (χ4v) is 4.53. The average Bonchev–Trinajstić information content (AvgIpc) is 3.40. The van der Waals surface area contributed by atoms with Crippen LogP contribution in [0.4, 0.5) is 11.6 Å². The van der Waals surface area contributed by atoms with Gasteiger partial charge in [-0.15, -0.1) is 0 Å². The third-order valence-electron chi connectivity index (χ3n) is 6.78. The highest BCUT2D eigenvalue weighted by Crippen LogP contribution is 2.24. The zero-order valence-corrected chi connectivity index (χ0v) is 24.6. The second kappa shape index (κ2) is 15.4. The minimum Gasteiger partial charge on any atom is -0.497 e. The monoisotopic (exact) mass is 569 g/mol. The van der Waals surface area contributed by atoms with Crippen LogP contribution in [-0.2, 0) is 22.5 Å². The van der Waals surface area contributed by atoms with Crippen molar-refractivity contribution in [1.29, 1.82) is 0 Å². The molecule has 9 nitrogen and oxygen atoms in total. The summed E-state index contributed by atoms with van der Waals surface area (Å²) in [5.41, 5.74) is 5.49. The quantitative estimate of drug-likeness (QED) is 0.0893. The highest BCUT2D eigenvalue weighted by molar-refractivity contribution is 5.76. The predicted molar refractivity (Wildman–Crippen MR) is 165 cm³/mol. The second-order valence-electron chi connectivity index (χ2n) is 10.1. The number of allylic oxidation sites excluding steroid dienone is 3. The van der Waals surface area contributed by atoms with Crippen LogP contribution < -0.4 is 14.8 Å². The van der Waals surface area contributed by atoms with Crippen LogP contribution >= 0.6 is 0 Å². The lowest BCUT2D eigenvalue weighted by atomic mass is 10.1. The number of rotatable bonds is 16. The Balaban J connectivity index is 1.44. The van der Waals surface area contributed by atoms with E-state index in [4.69, 9.17) is 19.4 Å². The number of anilines is 2. The van der Waals surface area contributed by atoms with Crippen LogP contribution in [0, 0.1) is 0 Å². The van der Waals surface area contributed by atoms with Crippen molar-refractivity contribution >= 4 is 28.8 Å². The molecule has 9 heteroatoms. The standard InChI is InChI=1S/C33H39N5O4/c1-5-10-24(2)21-29-31-32(38(23-34-31)22-25-12-16-27(40-3)17-13-25)37-33(36-29)35-26-14-18-28(19-15-26)42-20-9-7-6-8-11-30(39)41-4/h5,10,12-19,23H,1,6-9,11,20-22H2,2-4H3,(H,35,36,37)/b24-10+. The van der Waals surface area contributed by atoms with Crippen LogP contribution in [0.1, 0.15) is 50.3 Å². The van der Waals surface area contributed by atoms with Crippen molar-refractivity contribution in [3.05, 3.63) is 90.4 Å². The number of hydrogen-bond donors (Lipinski definition) is 1. The van der Waals surface area contributed by atoms with Gasteiger partial charge < -0.3 is 24.1 Å². The van der Waals surface area contributed by atoms with E-state index in [1.165, 1.54) is 7.11 Å². The van der Waals surface area contributed by atoms with Gasteiger partial charge in [-0.1, -0.05) is 49.3 Å². The van der Waals surface area contributed by atoms with E-state index in [2.05, 4.69) is 28.5 Å². The Morgan fingerprint density at radius 1 is 0.976 bits per heavy atom. The van der Waals surface area contributed by atoms with Gasteiger partial charge in [0.2, 0.25) is 5.95 Å². The fourth-order valence-electron chi connectivity index (χ4n) is 4.53. The van der Waals surface area contributed by atoms with Crippen molar-refractivity contribution in [3.8, 4) is 11.5 Å². The number of hydrogen-bond acceptors (Lipinski definition) is 8. The molecule has 1 N–H and O–H groups in total. The Morgan fingerprint density at radius 2 is 1.71 bits per heavy atom. The molecule has 0 aliphatic rings. The molecule has 0 amide bonds. The molecule has 0 radical (unpaired) electrons. The maximum absolute atomic E-state index is 11.2. The van der Waals surface area contributed by atoms with Gasteiger partial charge in [0.1, 0.15) is 17.0 Å². The number of nitrogens with zero attached hydrogens (tertiary/aromatic N) is 4. The summed E-state index contributed by atoms with van der Waals surface area (Å²) in [6.45, 7) is 7.12. The summed E-state index contributed by atoms with van der Waals surface area (Å²) in [6, 6.07) is 15.8. The Morgan fingerprint density at radius 3 is 2.43 bits per heavy atom. The first kappa shape index (κ1) is 30.3. The topological polar surface area (TPSA) is 100 Å². The number of ether oxygens (including phenoxy) is 3. The Labute approximate surface area is 247 Å². The summed E-state index contributed by atoms with van der Waals surface area (Å²) in [6.07, 6.45) is 10.4. The van der Waals surface area contributed by atoms with Gasteiger partial charge in [-0.3, -0.25) is 4.79 Å². The molecule has 0 saturated carbocycles. The highest BCUT2D eigenvalue weighted by Gasteiger charge is 2.15. The van der Waals surface area contributed by atoms with Gasteiger partial charge in [-0.2, -0.15) is 4.98 Å². The summed E-state index contributed by atoms with van der Waals surface area (Å²) in [7, 11) is 3.08. The predicted octanol–water partition coefficient (Wildman–Crippen LogP) is 6.80. The van der Waals surface area contributed by atoms with Crippen molar-refractivity contribution in [2.75, 3.05) is 26.1 Å². The van der Waals surface area contributed by atoms with Crippen molar-refractivity contribution in [2.45, 2.75) is 52.0 Å². The first-order valence-electron chi connectivity index (χ1n) is 14.2. The normalized spacial score (nSPS) is 11.4. The van der Waals surface area contributed by atoms with E-state index in [0.717, 1.165) is 70.9 Å². The molecule has 2 aromatic heterocycles. The van der Waals surface area contributed by atoms with E-state index in [1.54, 1.807) is 13.2 Å². The highest BCUT2D eigenvalue weighted by atomic mass is 16.5. The van der Waals surface area contributed by atoms with Gasteiger partial charge in [-0.25, -0.2) is 9.97 Å². The molecule has 0 saturated heterocycles. The van der Waals surface area contributed by atoms with Crippen LogP contribution in [0.2, 0.25) is 0 Å². The number of carbonyl (C=O) groups excluding carboxylic acids is 1. The van der Waals surface area contributed by atoms with E-state index in [0.29, 0.717) is 31.9 Å². The van der Waals surface area contributed by atoms with Crippen molar-refractivity contribution < 1.29 is 19.0 Å². The van der Waals surface area contributed by atoms with E-state index in [1.807, 2.05) is 65.5 Å². The van der Waals surface area contributed by atoms with Gasteiger partial charge >= 0.3 is 5.97 Å². The van der Waals surface area contributed by atoms with E-state index >= 15 is 0 Å². The zero-order chi connectivity index (χ0) is 29.7. The SMILES string of the molecule is C=C/C=C(\C)Cc1nc(Nc2ccc(OCCCCCCC(=O)OC)cc2)nc2c1ncn2Cc1ccc(OC)cc1. The Kier molecular flexibility index (Phi) is 11.1. The van der Waals surface area contributed by atoms with Gasteiger partial charge in [0.05, 0.1) is 39.4 Å². The van der Waals surface area contributed by atoms with Gasteiger partial charge in [0.25, 0.3) is 0 Å². The summed E-state index contributed by atoms with van der Waals surface area (Å²) in [5, 5.41) is 3.36. The maximum atomic E-state index is 11.2. The number of fused-ring (bicyclic) bond motifs is 1. The van der Waals surface area contributed by atoms with Crippen molar-refractivity contribution in [2.24, 2.45) is 0 Å². The van der Waals surface area contributed by atoms with Crippen LogP contribution in [0.15, 0.2) is 79.2 Å². The van der Waals surface area contributed by atoms with E-state index in [-0.39, 0.29) is 5.97 Å². The number of unbranched alkanes of at least 4 members (excludes halogenated alkanes) is 3. The molecule has 0 unspecified atom stereocenters. The fraction of sp³-hybridized carbons (Fsp3) is 0.333. The van der Waals surface area contributed by atoms with Gasteiger partial charge in [-0.05, 0) is 61.7 Å². The molecular weight excluding hydrogens is 530 g/mol. The Bertz CT molecular complexity index is 1490. The smallest absolute Gasteiger partial charge is 0.305 e. The second-order valence-corrected chi connectivity index (χ2v) is 10.1. The van der Waals surface area contributed by atoms with E-state index in [9.17, 15) is 4.79 Å². The third-order valence-corrected chi connectivity index (χ3v) is 6.78. The minimum atomic E-state index is -0.152. The molecule has 0 spiro atoms. The van der Waals surface area contributed by atoms with Crippen LogP contribution in [-0.4, -0.2) is 46.3 Å². The molecule has 0 bridgehead atoms. The largest absolute Gasteiger partial charge is 0.497 e. The molecule has 0 aliphatic heterocycles. The van der Waals surface area contributed by atoms with Crippen molar-refractivity contribution in [1.82, 2.24) is 19.5 Å². The summed E-state index contributed by atoms with van der Waals surface area (Å²) >= 11 is 0. The van der Waals surface area contributed by atoms with Crippen molar-refractivity contribution in [3.63, 3.8) is 0 Å². The maximum Gasteiger partial charge on any atom is 0.305 e. The molecular formula is C33H39N5O4. The number of methoxy groups -OCH3 is 2. The zero-order valence-electron chi connectivity index (χ0n) is 24.6. The van der Waals surface area contributed by atoms with Crippen LogP contribution in [0.3, 0.4) is 0 Å². The number of nitrogens with one attached hydrogen (secondary N) is 1. The number of imidazole rings is 1. The van der Waals surface area contributed by atoms with Gasteiger partial charge in [0.15, 0.2) is 5.65 Å². The molecule has 0 atom stereocenters. The van der Waals surface area contributed by atoms with E-state index < -0.39 is 0 Å². The summed E-state index contributed by atoms with van der Waals surface area (Å²) < 4.78 is 17.9. The molecule has 2 aromatic carbocycles. The minimum absolute atomic E-state index is 0.152. The molecule has 220 valence electrons. The number of esters is 1. The molecule has 4 aromatic rings. The Hall–Kier alpha value is -4.66. The lowest BCUT2D eigenvalue weighted by molar-refractivity contribution is -0.140. The number of aromatic nitrogens is 4. The number of benzene rings is 2. The summed E-state index contributed by atoms with van der Waals surface area (Å²) in [4.78, 5) is 25.6. The first-order valence-corrected chi connectivity index (χ1v) is 14.2. The van der Waals surface area contributed by atoms with Crippen LogP contribution in [0.25, 0.3) is 11.2 Å². The molecule has 0 aliphatic carbocycles. The lowest BCUT2D eigenvalue weighted by Gasteiger charge is -2.11. The number of carbonyl (C=O) groups is 1. The van der Waals surface area contributed by atoms with Crippen LogP contribution in [0.5, 0.6) is 11.5 Å². The summed E-state index contributed by atoms with van der Waals surface area (Å²) in [5.74, 6) is 1.97. The third kappa shape index (κ3) is 8.67. The first-order chi connectivity index (χ1) is 20.5. The molecule has 42 heavy (non-hydrogen) atoms. The molecule has 2 heterocycles. The van der Waals surface area contributed by atoms with Gasteiger partial charge in [0, 0.05) is 18.5 Å². The average molecular weight is 570 g/mol. The lowest BCUT2D eigenvalue weighted by Crippen LogP contribution is -2.05.